The van der Waals surface area contributed by atoms with Gasteiger partial charge in [0, 0.05) is 6.04 Å². The van der Waals surface area contributed by atoms with Crippen molar-refractivity contribution in [3.63, 3.8) is 0 Å². The SMILES string of the molecule is COc1ccc(C(C)C[C@@H](CC(=O)OC(C)(C)C)NC(=O)OCc2ccccc2)cc1. The van der Waals surface area contributed by atoms with E-state index in [0.717, 1.165) is 16.9 Å². The predicted octanol–water partition coefficient (Wildman–Crippen LogP) is 5.22. The number of benzene rings is 2. The summed E-state index contributed by atoms with van der Waals surface area (Å²) >= 11 is 0. The van der Waals surface area contributed by atoms with E-state index in [0.29, 0.717) is 6.42 Å². The number of methoxy groups -OCH3 is 1. The highest BCUT2D eigenvalue weighted by Crippen LogP contribution is 2.24. The molecule has 2 aromatic rings. The molecule has 2 aromatic carbocycles. The van der Waals surface area contributed by atoms with Gasteiger partial charge in [-0.05, 0) is 56.4 Å². The van der Waals surface area contributed by atoms with Crippen LogP contribution in [-0.4, -0.2) is 30.8 Å². The second kappa shape index (κ2) is 11.4. The Kier molecular flexibility index (Phi) is 8.91. The molecule has 1 unspecified atom stereocenters. The third kappa shape index (κ3) is 9.11. The number of amides is 1. The van der Waals surface area contributed by atoms with Crippen molar-refractivity contribution in [3.05, 3.63) is 65.7 Å². The molecule has 31 heavy (non-hydrogen) atoms. The van der Waals surface area contributed by atoms with Crippen LogP contribution in [0.15, 0.2) is 54.6 Å². The normalized spacial score (nSPS) is 13.1. The van der Waals surface area contributed by atoms with Crippen molar-refractivity contribution in [1.82, 2.24) is 5.32 Å². The summed E-state index contributed by atoms with van der Waals surface area (Å²) in [6.07, 6.45) is 0.0730. The van der Waals surface area contributed by atoms with E-state index in [9.17, 15) is 9.59 Å². The van der Waals surface area contributed by atoms with Gasteiger partial charge in [0.1, 0.15) is 18.0 Å². The van der Waals surface area contributed by atoms with Gasteiger partial charge in [-0.3, -0.25) is 4.79 Å². The minimum atomic E-state index is -0.586. The van der Waals surface area contributed by atoms with Gasteiger partial charge in [-0.15, -0.1) is 0 Å². The lowest BCUT2D eigenvalue weighted by Gasteiger charge is -2.25. The van der Waals surface area contributed by atoms with Crippen LogP contribution in [0, 0.1) is 0 Å². The van der Waals surface area contributed by atoms with E-state index in [4.69, 9.17) is 14.2 Å². The van der Waals surface area contributed by atoms with Crippen LogP contribution in [0.3, 0.4) is 0 Å². The van der Waals surface area contributed by atoms with Gasteiger partial charge in [0.05, 0.1) is 13.5 Å². The quantitative estimate of drug-likeness (QED) is 0.556. The molecule has 6 heteroatoms. The predicted molar refractivity (Wildman–Crippen MR) is 120 cm³/mol. The summed E-state index contributed by atoms with van der Waals surface area (Å²) in [5, 5.41) is 2.84. The molecule has 0 heterocycles. The fourth-order valence-corrected chi connectivity index (χ4v) is 3.20. The molecule has 0 spiro atoms. The summed E-state index contributed by atoms with van der Waals surface area (Å²) in [6.45, 7) is 7.69. The smallest absolute Gasteiger partial charge is 0.407 e. The van der Waals surface area contributed by atoms with Crippen LogP contribution in [0.5, 0.6) is 5.75 Å². The lowest BCUT2D eigenvalue weighted by atomic mass is 9.92. The molecule has 168 valence electrons. The summed E-state index contributed by atoms with van der Waals surface area (Å²) in [5.74, 6) is 0.527. The van der Waals surface area contributed by atoms with Gasteiger partial charge in [0.25, 0.3) is 0 Å². The number of nitrogens with one attached hydrogen (secondary N) is 1. The minimum Gasteiger partial charge on any atom is -0.497 e. The summed E-state index contributed by atoms with van der Waals surface area (Å²) in [4.78, 5) is 24.8. The van der Waals surface area contributed by atoms with Crippen molar-refractivity contribution < 1.29 is 23.8 Å². The van der Waals surface area contributed by atoms with Gasteiger partial charge in [-0.1, -0.05) is 49.4 Å². The molecule has 0 bridgehead atoms. The molecule has 1 amide bonds. The Bertz CT molecular complexity index is 827. The molecule has 0 radical (unpaired) electrons. The van der Waals surface area contributed by atoms with Crippen LogP contribution in [0.4, 0.5) is 4.79 Å². The monoisotopic (exact) mass is 427 g/mol. The fourth-order valence-electron chi connectivity index (χ4n) is 3.20. The van der Waals surface area contributed by atoms with Crippen LogP contribution in [0.2, 0.25) is 0 Å². The van der Waals surface area contributed by atoms with Crippen molar-refractivity contribution in [1.29, 1.82) is 0 Å². The fraction of sp³-hybridized carbons (Fsp3) is 0.440. The van der Waals surface area contributed by atoms with Crippen molar-refractivity contribution in [2.45, 2.75) is 64.7 Å². The Hall–Kier alpha value is -3.02. The Balaban J connectivity index is 2.01. The first-order chi connectivity index (χ1) is 14.7. The van der Waals surface area contributed by atoms with E-state index < -0.39 is 17.7 Å². The molecule has 0 aliphatic heterocycles. The first-order valence-corrected chi connectivity index (χ1v) is 10.5. The maximum absolute atomic E-state index is 12.4. The van der Waals surface area contributed by atoms with Crippen molar-refractivity contribution in [2.24, 2.45) is 0 Å². The second-order valence-corrected chi connectivity index (χ2v) is 8.60. The highest BCUT2D eigenvalue weighted by Gasteiger charge is 2.24. The molecule has 0 aliphatic rings. The zero-order valence-corrected chi connectivity index (χ0v) is 19.0. The van der Waals surface area contributed by atoms with Gasteiger partial charge in [0.2, 0.25) is 0 Å². The van der Waals surface area contributed by atoms with E-state index in [1.807, 2.05) is 75.4 Å². The van der Waals surface area contributed by atoms with Crippen LogP contribution < -0.4 is 10.1 Å². The summed E-state index contributed by atoms with van der Waals surface area (Å²) in [5.41, 5.74) is 1.40. The third-order valence-corrected chi connectivity index (χ3v) is 4.69. The number of ether oxygens (including phenoxy) is 3. The number of esters is 1. The maximum Gasteiger partial charge on any atom is 0.407 e. The van der Waals surface area contributed by atoms with Gasteiger partial charge in [-0.2, -0.15) is 0 Å². The lowest BCUT2D eigenvalue weighted by Crippen LogP contribution is -2.39. The van der Waals surface area contributed by atoms with E-state index in [-0.39, 0.29) is 24.9 Å². The molecule has 1 N–H and O–H groups in total. The van der Waals surface area contributed by atoms with E-state index in [1.54, 1.807) is 7.11 Å². The number of carbonyl (C=O) groups is 2. The lowest BCUT2D eigenvalue weighted by molar-refractivity contribution is -0.155. The molecule has 2 atom stereocenters. The van der Waals surface area contributed by atoms with Crippen LogP contribution in [-0.2, 0) is 20.9 Å². The van der Waals surface area contributed by atoms with E-state index >= 15 is 0 Å². The molecule has 0 aliphatic carbocycles. The zero-order valence-electron chi connectivity index (χ0n) is 19.0. The molecular formula is C25H33NO5. The van der Waals surface area contributed by atoms with Crippen LogP contribution in [0.1, 0.15) is 57.6 Å². The summed E-state index contributed by atoms with van der Waals surface area (Å²) < 4.78 is 16.0. The second-order valence-electron chi connectivity index (χ2n) is 8.60. The summed E-state index contributed by atoms with van der Waals surface area (Å²) in [6, 6.07) is 16.8. The minimum absolute atomic E-state index is 0.0677. The van der Waals surface area contributed by atoms with Gasteiger partial charge < -0.3 is 19.5 Å². The third-order valence-electron chi connectivity index (χ3n) is 4.69. The number of hydrogen-bond donors (Lipinski definition) is 1. The molecule has 6 nitrogen and oxygen atoms in total. The van der Waals surface area contributed by atoms with Gasteiger partial charge in [-0.25, -0.2) is 4.79 Å². The molecule has 2 rings (SSSR count). The van der Waals surface area contributed by atoms with Crippen LogP contribution in [0.25, 0.3) is 0 Å². The topological polar surface area (TPSA) is 73.9 Å². The van der Waals surface area contributed by atoms with Crippen molar-refractivity contribution >= 4 is 12.1 Å². The van der Waals surface area contributed by atoms with Gasteiger partial charge >= 0.3 is 12.1 Å². The maximum atomic E-state index is 12.4. The number of alkyl carbamates (subject to hydrolysis) is 1. The Morgan fingerprint density at radius 3 is 2.23 bits per heavy atom. The number of hydrogen-bond acceptors (Lipinski definition) is 5. The highest BCUT2D eigenvalue weighted by atomic mass is 16.6. The van der Waals surface area contributed by atoms with Gasteiger partial charge in [0.15, 0.2) is 0 Å². The Morgan fingerprint density at radius 1 is 1.00 bits per heavy atom. The van der Waals surface area contributed by atoms with Crippen molar-refractivity contribution in [2.75, 3.05) is 7.11 Å². The average Bonchev–Trinajstić information content (AvgIpc) is 2.71. The molecule has 0 fully saturated rings. The largest absolute Gasteiger partial charge is 0.497 e. The van der Waals surface area contributed by atoms with E-state index in [1.165, 1.54) is 0 Å². The zero-order chi connectivity index (χ0) is 22.9. The number of carbonyl (C=O) groups excluding carboxylic acids is 2. The van der Waals surface area contributed by atoms with E-state index in [2.05, 4.69) is 12.2 Å². The Morgan fingerprint density at radius 2 is 1.65 bits per heavy atom. The Labute approximate surface area is 184 Å². The number of rotatable bonds is 9. The van der Waals surface area contributed by atoms with Crippen molar-refractivity contribution in [3.8, 4) is 5.75 Å². The molecule has 0 saturated carbocycles. The molecule has 0 aromatic heterocycles. The summed E-state index contributed by atoms with van der Waals surface area (Å²) in [7, 11) is 1.63. The highest BCUT2D eigenvalue weighted by molar-refractivity contribution is 5.73. The standard InChI is InChI=1S/C25H33NO5/c1-18(20-11-13-22(29-5)14-12-20)15-21(16-23(27)31-25(2,3)4)26-24(28)30-17-19-9-7-6-8-10-19/h6-14,18,21H,15-17H2,1-5H3,(H,26,28)/t18?,21-/m0/s1. The first-order valence-electron chi connectivity index (χ1n) is 10.5. The molecule has 0 saturated heterocycles. The molecular weight excluding hydrogens is 394 g/mol. The first kappa shape index (κ1) is 24.3. The average molecular weight is 428 g/mol. The van der Waals surface area contributed by atoms with Crippen LogP contribution >= 0.6 is 0 Å².